The topological polar surface area (TPSA) is 69.7 Å². The fourth-order valence-corrected chi connectivity index (χ4v) is 4.60. The number of nitrogens with one attached hydrogen (secondary N) is 1. The molecule has 150 valence electrons. The van der Waals surface area contributed by atoms with Gasteiger partial charge in [0.1, 0.15) is 0 Å². The number of piperazine rings is 1. The number of sulfonamides is 1. The molecule has 3 rings (SSSR count). The van der Waals surface area contributed by atoms with Gasteiger partial charge in [0.2, 0.25) is 15.9 Å². The molecule has 1 heterocycles. The molecule has 1 N–H and O–H groups in total. The van der Waals surface area contributed by atoms with Gasteiger partial charge in [0, 0.05) is 41.9 Å². The van der Waals surface area contributed by atoms with Gasteiger partial charge in [-0.2, -0.15) is 4.72 Å². The normalized spacial score (nSPS) is 16.1. The fraction of sp³-hybridized carbons (Fsp3) is 0.316. The fourth-order valence-electron chi connectivity index (χ4n) is 3.10. The lowest BCUT2D eigenvalue weighted by atomic mass is 10.2. The van der Waals surface area contributed by atoms with E-state index in [9.17, 15) is 13.2 Å². The number of rotatable bonds is 5. The highest BCUT2D eigenvalue weighted by molar-refractivity contribution is 7.89. The molecule has 28 heavy (non-hydrogen) atoms. The zero-order valence-corrected chi connectivity index (χ0v) is 17.6. The van der Waals surface area contributed by atoms with Crippen molar-refractivity contribution in [2.45, 2.75) is 17.9 Å². The van der Waals surface area contributed by atoms with Gasteiger partial charge in [-0.05, 0) is 49.4 Å². The van der Waals surface area contributed by atoms with Gasteiger partial charge in [0.05, 0.1) is 10.9 Å². The number of nitrogens with zero attached hydrogens (tertiary/aromatic N) is 2. The molecule has 0 spiro atoms. The van der Waals surface area contributed by atoms with Crippen LogP contribution in [-0.4, -0.2) is 51.4 Å². The molecule has 1 amide bonds. The number of benzene rings is 2. The third kappa shape index (κ3) is 4.97. The first kappa shape index (κ1) is 20.9. The Hall–Kier alpha value is -1.80. The van der Waals surface area contributed by atoms with E-state index < -0.39 is 16.1 Å². The van der Waals surface area contributed by atoms with Crippen molar-refractivity contribution in [2.75, 3.05) is 31.1 Å². The average Bonchev–Trinajstić information content (AvgIpc) is 2.67. The Morgan fingerprint density at radius 2 is 1.64 bits per heavy atom. The molecule has 1 aliphatic heterocycles. The summed E-state index contributed by atoms with van der Waals surface area (Å²) in [6, 6.07) is 12.5. The summed E-state index contributed by atoms with van der Waals surface area (Å²) in [5.41, 5.74) is 1.01. The summed E-state index contributed by atoms with van der Waals surface area (Å²) in [5.74, 6) is -0.247. The lowest BCUT2D eigenvalue weighted by Crippen LogP contribution is -2.54. The van der Waals surface area contributed by atoms with Crippen LogP contribution in [-0.2, 0) is 14.8 Å². The zero-order valence-electron chi connectivity index (χ0n) is 15.3. The predicted molar refractivity (Wildman–Crippen MR) is 111 cm³/mol. The first-order valence-corrected chi connectivity index (χ1v) is 11.1. The lowest BCUT2D eigenvalue weighted by Gasteiger charge is -2.37. The van der Waals surface area contributed by atoms with Crippen molar-refractivity contribution >= 4 is 44.8 Å². The van der Waals surface area contributed by atoms with Crippen LogP contribution in [0.3, 0.4) is 0 Å². The maximum atomic E-state index is 12.7. The van der Waals surface area contributed by atoms with Gasteiger partial charge in [-0.3, -0.25) is 4.79 Å². The van der Waals surface area contributed by atoms with Gasteiger partial charge >= 0.3 is 0 Å². The van der Waals surface area contributed by atoms with E-state index in [1.54, 1.807) is 11.8 Å². The highest BCUT2D eigenvalue weighted by atomic mass is 35.5. The second-order valence-electron chi connectivity index (χ2n) is 6.59. The Balaban J connectivity index is 1.59. The third-order valence-corrected chi connectivity index (χ3v) is 6.63. The second-order valence-corrected chi connectivity index (χ2v) is 9.18. The van der Waals surface area contributed by atoms with E-state index in [1.807, 2.05) is 24.3 Å². The molecule has 6 nitrogen and oxygen atoms in total. The van der Waals surface area contributed by atoms with Crippen molar-refractivity contribution in [3.05, 3.63) is 58.6 Å². The molecule has 1 fully saturated rings. The summed E-state index contributed by atoms with van der Waals surface area (Å²) in [6.45, 7) is 3.89. The Bertz CT molecular complexity index is 943. The minimum absolute atomic E-state index is 0.0716. The molecule has 1 aliphatic rings. The van der Waals surface area contributed by atoms with Crippen molar-refractivity contribution in [1.82, 2.24) is 9.62 Å². The average molecular weight is 442 g/mol. The molecule has 0 aliphatic carbocycles. The second kappa shape index (κ2) is 8.69. The molecule has 0 saturated carbocycles. The van der Waals surface area contributed by atoms with Crippen LogP contribution in [0.2, 0.25) is 10.0 Å². The summed E-state index contributed by atoms with van der Waals surface area (Å²) in [4.78, 5) is 16.6. The van der Waals surface area contributed by atoms with E-state index in [-0.39, 0.29) is 10.8 Å². The van der Waals surface area contributed by atoms with Crippen LogP contribution in [0.25, 0.3) is 0 Å². The van der Waals surface area contributed by atoms with Gasteiger partial charge in [-0.25, -0.2) is 8.42 Å². The minimum Gasteiger partial charge on any atom is -0.368 e. The van der Waals surface area contributed by atoms with Crippen molar-refractivity contribution in [3.63, 3.8) is 0 Å². The van der Waals surface area contributed by atoms with E-state index in [4.69, 9.17) is 23.2 Å². The molecule has 1 saturated heterocycles. The standard InChI is InChI=1S/C19H21Cl2N3O3S/c1-14(22-28(26,27)18-7-5-15(20)6-8-18)19(25)24-11-9-23(10-12-24)17-4-2-3-16(21)13-17/h2-8,13-14,22H,9-12H2,1H3. The van der Waals surface area contributed by atoms with Crippen molar-refractivity contribution in [1.29, 1.82) is 0 Å². The minimum atomic E-state index is -3.80. The van der Waals surface area contributed by atoms with Crippen LogP contribution in [0.1, 0.15) is 6.92 Å². The summed E-state index contributed by atoms with van der Waals surface area (Å²) in [7, 11) is -3.80. The molecule has 0 aromatic heterocycles. The molecule has 2 aromatic rings. The van der Waals surface area contributed by atoms with Crippen LogP contribution in [0.15, 0.2) is 53.4 Å². The molecule has 1 atom stereocenters. The van der Waals surface area contributed by atoms with Gasteiger partial charge in [-0.1, -0.05) is 29.3 Å². The monoisotopic (exact) mass is 441 g/mol. The molecule has 2 aromatic carbocycles. The Morgan fingerprint density at radius 3 is 2.25 bits per heavy atom. The maximum absolute atomic E-state index is 12.7. The van der Waals surface area contributed by atoms with Crippen LogP contribution in [0.4, 0.5) is 5.69 Å². The number of hydrogen-bond donors (Lipinski definition) is 1. The summed E-state index contributed by atoms with van der Waals surface area (Å²) in [6.07, 6.45) is 0. The first-order chi connectivity index (χ1) is 13.3. The Labute approximate surface area is 175 Å². The Kier molecular flexibility index (Phi) is 6.50. The van der Waals surface area contributed by atoms with Crippen LogP contribution in [0.5, 0.6) is 0 Å². The Morgan fingerprint density at radius 1 is 1.00 bits per heavy atom. The lowest BCUT2D eigenvalue weighted by molar-refractivity contribution is -0.132. The van der Waals surface area contributed by atoms with Crippen LogP contribution < -0.4 is 9.62 Å². The van der Waals surface area contributed by atoms with E-state index in [2.05, 4.69) is 9.62 Å². The number of halogens is 2. The number of hydrogen-bond acceptors (Lipinski definition) is 4. The molecule has 0 radical (unpaired) electrons. The van der Waals surface area contributed by atoms with Crippen molar-refractivity contribution in [3.8, 4) is 0 Å². The maximum Gasteiger partial charge on any atom is 0.241 e. The van der Waals surface area contributed by atoms with Gasteiger partial charge in [0.25, 0.3) is 0 Å². The largest absolute Gasteiger partial charge is 0.368 e. The zero-order chi connectivity index (χ0) is 20.3. The molecular weight excluding hydrogens is 421 g/mol. The van der Waals surface area contributed by atoms with Crippen molar-refractivity contribution in [2.24, 2.45) is 0 Å². The molecular formula is C19H21Cl2N3O3S. The highest BCUT2D eigenvalue weighted by Gasteiger charge is 2.28. The first-order valence-electron chi connectivity index (χ1n) is 8.83. The molecule has 1 unspecified atom stereocenters. The third-order valence-electron chi connectivity index (χ3n) is 4.59. The van der Waals surface area contributed by atoms with E-state index in [0.29, 0.717) is 36.2 Å². The number of carbonyl (C=O) groups excluding carboxylic acids is 1. The summed E-state index contributed by atoms with van der Waals surface area (Å²) < 4.78 is 27.4. The quantitative estimate of drug-likeness (QED) is 0.773. The number of amides is 1. The summed E-state index contributed by atoms with van der Waals surface area (Å²) >= 11 is 11.8. The highest BCUT2D eigenvalue weighted by Crippen LogP contribution is 2.21. The molecule has 9 heteroatoms. The summed E-state index contributed by atoms with van der Waals surface area (Å²) in [5, 5.41) is 1.11. The van der Waals surface area contributed by atoms with Gasteiger partial charge in [-0.15, -0.1) is 0 Å². The molecule has 0 bridgehead atoms. The number of carbonyl (C=O) groups is 1. The van der Waals surface area contributed by atoms with E-state index >= 15 is 0 Å². The smallest absolute Gasteiger partial charge is 0.241 e. The number of anilines is 1. The van der Waals surface area contributed by atoms with Gasteiger partial charge in [0.15, 0.2) is 0 Å². The van der Waals surface area contributed by atoms with E-state index in [1.165, 1.54) is 24.3 Å². The van der Waals surface area contributed by atoms with Crippen molar-refractivity contribution < 1.29 is 13.2 Å². The van der Waals surface area contributed by atoms with Gasteiger partial charge < -0.3 is 9.80 Å². The van der Waals surface area contributed by atoms with Crippen LogP contribution >= 0.6 is 23.2 Å². The predicted octanol–water partition coefficient (Wildman–Crippen LogP) is 3.01. The van der Waals surface area contributed by atoms with Crippen LogP contribution in [0, 0.1) is 0 Å². The SMILES string of the molecule is CC(NS(=O)(=O)c1ccc(Cl)cc1)C(=O)N1CCN(c2cccc(Cl)c2)CC1. The van der Waals surface area contributed by atoms with E-state index in [0.717, 1.165) is 5.69 Å².